The minimum absolute atomic E-state index is 0. The summed E-state index contributed by atoms with van der Waals surface area (Å²) in [6.45, 7) is 11.2. The highest BCUT2D eigenvalue weighted by molar-refractivity contribution is 6.31. The number of piperazine rings is 1. The predicted molar refractivity (Wildman–Crippen MR) is 92.6 cm³/mol. The SMILES string of the molecule is CC(C)(C)[C@H](c1ccccc1Cl)N1CCNCC1.Cl.Cl. The van der Waals surface area contributed by atoms with E-state index in [1.807, 2.05) is 12.1 Å². The fraction of sp³-hybridized carbons (Fsp3) is 0.600. The van der Waals surface area contributed by atoms with Crippen LogP contribution in [-0.4, -0.2) is 31.1 Å². The number of benzene rings is 1. The Balaban J connectivity index is 0.00000180. The lowest BCUT2D eigenvalue weighted by molar-refractivity contribution is 0.0863. The van der Waals surface area contributed by atoms with Crippen LogP contribution in [0.15, 0.2) is 24.3 Å². The van der Waals surface area contributed by atoms with Gasteiger partial charge in [-0.25, -0.2) is 0 Å². The van der Waals surface area contributed by atoms with Crippen molar-refractivity contribution in [3.63, 3.8) is 0 Å². The first-order valence-electron chi connectivity index (χ1n) is 6.69. The molecule has 1 fully saturated rings. The van der Waals surface area contributed by atoms with E-state index in [1.165, 1.54) is 5.56 Å². The lowest BCUT2D eigenvalue weighted by Crippen LogP contribution is -2.48. The van der Waals surface area contributed by atoms with Crippen molar-refractivity contribution in [2.45, 2.75) is 26.8 Å². The quantitative estimate of drug-likeness (QED) is 0.869. The summed E-state index contributed by atoms with van der Waals surface area (Å²) in [4.78, 5) is 2.55. The molecule has 0 spiro atoms. The molecule has 1 heterocycles. The summed E-state index contributed by atoms with van der Waals surface area (Å²) >= 11 is 6.40. The number of hydrogen-bond donors (Lipinski definition) is 1. The lowest BCUT2D eigenvalue weighted by Gasteiger charge is -2.43. The van der Waals surface area contributed by atoms with Crippen molar-refractivity contribution in [1.82, 2.24) is 10.2 Å². The Kier molecular flexibility index (Phi) is 8.46. The van der Waals surface area contributed by atoms with Crippen LogP contribution in [0.4, 0.5) is 0 Å². The maximum absolute atomic E-state index is 6.40. The van der Waals surface area contributed by atoms with Crippen molar-refractivity contribution in [2.24, 2.45) is 5.41 Å². The zero-order valence-corrected chi connectivity index (χ0v) is 14.7. The van der Waals surface area contributed by atoms with E-state index in [9.17, 15) is 0 Å². The molecule has 0 aromatic heterocycles. The van der Waals surface area contributed by atoms with E-state index < -0.39 is 0 Å². The van der Waals surface area contributed by atoms with E-state index in [4.69, 9.17) is 11.6 Å². The zero-order valence-electron chi connectivity index (χ0n) is 12.4. The summed E-state index contributed by atoms with van der Waals surface area (Å²) in [5, 5.41) is 4.30. The van der Waals surface area contributed by atoms with Gasteiger partial charge in [0, 0.05) is 37.2 Å². The van der Waals surface area contributed by atoms with Gasteiger partial charge in [0.05, 0.1) is 0 Å². The highest BCUT2D eigenvalue weighted by Gasteiger charge is 2.33. The van der Waals surface area contributed by atoms with E-state index in [0.717, 1.165) is 31.2 Å². The largest absolute Gasteiger partial charge is 0.314 e. The summed E-state index contributed by atoms with van der Waals surface area (Å²) in [5.74, 6) is 0. The molecule has 116 valence electrons. The van der Waals surface area contributed by atoms with Crippen LogP contribution in [0.1, 0.15) is 32.4 Å². The molecule has 0 saturated carbocycles. The first kappa shape index (κ1) is 20.0. The maximum Gasteiger partial charge on any atom is 0.0454 e. The van der Waals surface area contributed by atoms with Gasteiger partial charge in [0.15, 0.2) is 0 Å². The predicted octanol–water partition coefficient (Wildman–Crippen LogP) is 4.18. The molecule has 0 aliphatic carbocycles. The van der Waals surface area contributed by atoms with Gasteiger partial charge in [0.1, 0.15) is 0 Å². The molecular weight excluding hydrogens is 315 g/mol. The summed E-state index contributed by atoms with van der Waals surface area (Å²) in [5.41, 5.74) is 1.44. The van der Waals surface area contributed by atoms with Gasteiger partial charge in [0.2, 0.25) is 0 Å². The van der Waals surface area contributed by atoms with E-state index >= 15 is 0 Å². The first-order chi connectivity index (χ1) is 8.50. The Morgan fingerprint density at radius 1 is 1.10 bits per heavy atom. The highest BCUT2D eigenvalue weighted by Crippen LogP contribution is 2.40. The molecular formula is C15H25Cl3N2. The third-order valence-corrected chi connectivity index (χ3v) is 3.88. The molecule has 0 bridgehead atoms. The summed E-state index contributed by atoms with van der Waals surface area (Å²) in [6.07, 6.45) is 0. The van der Waals surface area contributed by atoms with Crippen LogP contribution in [0.3, 0.4) is 0 Å². The molecule has 1 N–H and O–H groups in total. The molecule has 20 heavy (non-hydrogen) atoms. The standard InChI is InChI=1S/C15H23ClN2.2ClH/c1-15(2,3)14(18-10-8-17-9-11-18)12-6-4-5-7-13(12)16;;/h4-7,14,17H,8-11H2,1-3H3;2*1H/t14-;;/m0../s1. The molecule has 2 rings (SSSR count). The lowest BCUT2D eigenvalue weighted by atomic mass is 9.81. The van der Waals surface area contributed by atoms with Crippen molar-refractivity contribution >= 4 is 36.4 Å². The first-order valence-corrected chi connectivity index (χ1v) is 7.07. The molecule has 1 saturated heterocycles. The van der Waals surface area contributed by atoms with E-state index in [2.05, 4.69) is 43.1 Å². The number of halogens is 3. The van der Waals surface area contributed by atoms with Crippen molar-refractivity contribution in [3.05, 3.63) is 34.9 Å². The summed E-state index contributed by atoms with van der Waals surface area (Å²) in [6, 6.07) is 8.64. The summed E-state index contributed by atoms with van der Waals surface area (Å²) < 4.78 is 0. The second kappa shape index (κ2) is 8.45. The third-order valence-electron chi connectivity index (χ3n) is 3.54. The van der Waals surface area contributed by atoms with Crippen LogP contribution >= 0.6 is 36.4 Å². The summed E-state index contributed by atoms with van der Waals surface area (Å²) in [7, 11) is 0. The fourth-order valence-electron chi connectivity index (χ4n) is 2.85. The zero-order chi connectivity index (χ0) is 13.2. The van der Waals surface area contributed by atoms with Gasteiger partial charge in [-0.3, -0.25) is 4.90 Å². The molecule has 0 unspecified atom stereocenters. The second-order valence-corrected chi connectivity index (χ2v) is 6.48. The number of rotatable bonds is 2. The molecule has 1 aliphatic heterocycles. The van der Waals surface area contributed by atoms with Crippen LogP contribution < -0.4 is 5.32 Å². The Labute approximate surface area is 140 Å². The van der Waals surface area contributed by atoms with Crippen LogP contribution in [0.25, 0.3) is 0 Å². The third kappa shape index (κ3) is 4.78. The maximum atomic E-state index is 6.40. The van der Waals surface area contributed by atoms with Gasteiger partial charge in [-0.1, -0.05) is 50.6 Å². The molecule has 0 amide bonds. The van der Waals surface area contributed by atoms with E-state index in [-0.39, 0.29) is 30.2 Å². The van der Waals surface area contributed by atoms with Gasteiger partial charge in [0.25, 0.3) is 0 Å². The van der Waals surface area contributed by atoms with Crippen molar-refractivity contribution < 1.29 is 0 Å². The monoisotopic (exact) mass is 338 g/mol. The van der Waals surface area contributed by atoms with Crippen molar-refractivity contribution in [3.8, 4) is 0 Å². The molecule has 1 atom stereocenters. The topological polar surface area (TPSA) is 15.3 Å². The van der Waals surface area contributed by atoms with E-state index in [1.54, 1.807) is 0 Å². The van der Waals surface area contributed by atoms with Crippen molar-refractivity contribution in [2.75, 3.05) is 26.2 Å². The average Bonchev–Trinajstić information content (AvgIpc) is 2.32. The van der Waals surface area contributed by atoms with E-state index in [0.29, 0.717) is 6.04 Å². The average molecular weight is 340 g/mol. The number of hydrogen-bond acceptors (Lipinski definition) is 2. The Morgan fingerprint density at radius 2 is 1.65 bits per heavy atom. The molecule has 2 nitrogen and oxygen atoms in total. The second-order valence-electron chi connectivity index (χ2n) is 6.08. The van der Waals surface area contributed by atoms with Gasteiger partial charge in [-0.05, 0) is 17.0 Å². The molecule has 0 radical (unpaired) electrons. The van der Waals surface area contributed by atoms with Crippen LogP contribution in [-0.2, 0) is 0 Å². The van der Waals surface area contributed by atoms with Crippen molar-refractivity contribution in [1.29, 1.82) is 0 Å². The smallest absolute Gasteiger partial charge is 0.0454 e. The Hall–Kier alpha value is 0.01000. The van der Waals surface area contributed by atoms with Crippen LogP contribution in [0, 0.1) is 5.41 Å². The molecule has 1 aliphatic rings. The molecule has 1 aromatic carbocycles. The molecule has 5 heteroatoms. The fourth-order valence-corrected chi connectivity index (χ4v) is 3.09. The van der Waals surface area contributed by atoms with Crippen LogP contribution in [0.2, 0.25) is 5.02 Å². The highest BCUT2D eigenvalue weighted by atomic mass is 35.5. The Morgan fingerprint density at radius 3 is 2.15 bits per heavy atom. The van der Waals surface area contributed by atoms with Crippen LogP contribution in [0.5, 0.6) is 0 Å². The van der Waals surface area contributed by atoms with Gasteiger partial charge < -0.3 is 5.32 Å². The minimum Gasteiger partial charge on any atom is -0.314 e. The van der Waals surface area contributed by atoms with Gasteiger partial charge >= 0.3 is 0 Å². The Bertz CT molecular complexity index is 398. The molecule has 1 aromatic rings. The van der Waals surface area contributed by atoms with Gasteiger partial charge in [-0.2, -0.15) is 0 Å². The normalized spacial score (nSPS) is 17.8. The number of nitrogens with one attached hydrogen (secondary N) is 1. The van der Waals surface area contributed by atoms with Gasteiger partial charge in [-0.15, -0.1) is 24.8 Å². The minimum atomic E-state index is 0. The number of nitrogens with zero attached hydrogens (tertiary/aromatic N) is 1.